The molecule has 0 aliphatic rings. The molecule has 34 heavy (non-hydrogen) atoms. The molecule has 0 radical (unpaired) electrons. The molecule has 0 unspecified atom stereocenters. The lowest BCUT2D eigenvalue weighted by molar-refractivity contribution is -0.115. The van der Waals surface area contributed by atoms with Crippen LogP contribution in [-0.4, -0.2) is 36.4 Å². The Bertz CT molecular complexity index is 1360. The third-order valence-corrected chi connectivity index (χ3v) is 5.36. The number of aldehydes is 1. The van der Waals surface area contributed by atoms with Gasteiger partial charge in [0, 0.05) is 17.3 Å². The largest absolute Gasteiger partial charge is 0.493 e. The summed E-state index contributed by atoms with van der Waals surface area (Å²) in [6, 6.07) is 15.3. The van der Waals surface area contributed by atoms with Gasteiger partial charge in [-0.05, 0) is 42.0 Å². The molecule has 0 fully saturated rings. The van der Waals surface area contributed by atoms with Crippen LogP contribution in [0.15, 0.2) is 60.9 Å². The van der Waals surface area contributed by atoms with Gasteiger partial charge in [-0.1, -0.05) is 23.7 Å². The smallest absolute Gasteiger partial charge is 0.230 e. The van der Waals surface area contributed by atoms with Crippen molar-refractivity contribution in [3.8, 4) is 23.1 Å². The fourth-order valence-corrected chi connectivity index (χ4v) is 3.49. The molecule has 0 spiro atoms. The van der Waals surface area contributed by atoms with Crippen molar-refractivity contribution in [1.29, 1.82) is 0 Å². The Morgan fingerprint density at radius 1 is 1.00 bits per heavy atom. The van der Waals surface area contributed by atoms with Crippen LogP contribution in [0.4, 0.5) is 5.69 Å². The predicted octanol–water partition coefficient (Wildman–Crippen LogP) is 5.09. The SMILES string of the molecule is COc1cc2ncnc(Oc3ccc(CC(=O)Nc4ccc(Cl)c(C=O)c4)cc3)c2cc1OC. The van der Waals surface area contributed by atoms with E-state index in [0.717, 1.165) is 5.56 Å². The summed E-state index contributed by atoms with van der Waals surface area (Å²) in [6.45, 7) is 0. The molecule has 0 saturated carbocycles. The first-order chi connectivity index (χ1) is 16.5. The minimum Gasteiger partial charge on any atom is -0.493 e. The fraction of sp³-hybridized carbons (Fsp3) is 0.120. The number of hydrogen-bond donors (Lipinski definition) is 1. The van der Waals surface area contributed by atoms with Gasteiger partial charge in [0.05, 0.1) is 36.6 Å². The van der Waals surface area contributed by atoms with Crippen molar-refractivity contribution in [2.75, 3.05) is 19.5 Å². The number of carbonyl (C=O) groups is 2. The van der Waals surface area contributed by atoms with Gasteiger partial charge >= 0.3 is 0 Å². The van der Waals surface area contributed by atoms with Crippen LogP contribution in [0.5, 0.6) is 23.1 Å². The average Bonchev–Trinajstić information content (AvgIpc) is 2.85. The topological polar surface area (TPSA) is 99.6 Å². The molecule has 0 bridgehead atoms. The number of nitrogens with zero attached hydrogens (tertiary/aromatic N) is 2. The van der Waals surface area contributed by atoms with Gasteiger partial charge in [-0.15, -0.1) is 0 Å². The van der Waals surface area contributed by atoms with E-state index in [4.69, 9.17) is 25.8 Å². The zero-order valence-corrected chi connectivity index (χ0v) is 19.1. The number of amides is 1. The Hall–Kier alpha value is -4.17. The molecule has 0 atom stereocenters. The Balaban J connectivity index is 1.46. The molecule has 0 saturated heterocycles. The van der Waals surface area contributed by atoms with E-state index in [1.165, 1.54) is 12.4 Å². The number of rotatable bonds is 8. The number of ether oxygens (including phenoxy) is 3. The average molecular weight is 478 g/mol. The number of fused-ring (bicyclic) bond motifs is 1. The first-order valence-electron chi connectivity index (χ1n) is 10.2. The zero-order chi connectivity index (χ0) is 24.1. The van der Waals surface area contributed by atoms with Gasteiger partial charge in [0.25, 0.3) is 0 Å². The van der Waals surface area contributed by atoms with Crippen LogP contribution in [0, 0.1) is 0 Å². The highest BCUT2D eigenvalue weighted by Crippen LogP contribution is 2.35. The third kappa shape index (κ3) is 5.07. The van der Waals surface area contributed by atoms with Gasteiger partial charge in [0.1, 0.15) is 12.1 Å². The van der Waals surface area contributed by atoms with Gasteiger partial charge in [0.15, 0.2) is 17.8 Å². The van der Waals surface area contributed by atoms with Crippen LogP contribution in [-0.2, 0) is 11.2 Å². The van der Waals surface area contributed by atoms with E-state index in [1.54, 1.807) is 62.8 Å². The molecule has 1 heterocycles. The molecule has 0 aliphatic heterocycles. The monoisotopic (exact) mass is 477 g/mol. The number of aromatic nitrogens is 2. The lowest BCUT2D eigenvalue weighted by atomic mass is 10.1. The van der Waals surface area contributed by atoms with E-state index >= 15 is 0 Å². The maximum atomic E-state index is 12.4. The highest BCUT2D eigenvalue weighted by atomic mass is 35.5. The summed E-state index contributed by atoms with van der Waals surface area (Å²) in [4.78, 5) is 31.9. The molecule has 0 aliphatic carbocycles. The summed E-state index contributed by atoms with van der Waals surface area (Å²) in [6.07, 6.45) is 2.20. The normalized spacial score (nSPS) is 10.6. The van der Waals surface area contributed by atoms with Crippen LogP contribution in [0.2, 0.25) is 5.02 Å². The van der Waals surface area contributed by atoms with Gasteiger partial charge in [-0.25, -0.2) is 9.97 Å². The Kier molecular flexibility index (Phi) is 6.89. The second kappa shape index (κ2) is 10.2. The van der Waals surface area contributed by atoms with Crippen LogP contribution in [0.25, 0.3) is 10.9 Å². The Morgan fingerprint density at radius 2 is 1.74 bits per heavy atom. The van der Waals surface area contributed by atoms with Crippen LogP contribution >= 0.6 is 11.6 Å². The Labute approximate surface area is 200 Å². The third-order valence-electron chi connectivity index (χ3n) is 5.01. The van der Waals surface area contributed by atoms with E-state index in [-0.39, 0.29) is 12.3 Å². The molecule has 4 rings (SSSR count). The maximum Gasteiger partial charge on any atom is 0.230 e. The van der Waals surface area contributed by atoms with Gasteiger partial charge in [0.2, 0.25) is 11.8 Å². The van der Waals surface area contributed by atoms with Crippen molar-refractivity contribution in [2.45, 2.75) is 6.42 Å². The van der Waals surface area contributed by atoms with Crippen molar-refractivity contribution < 1.29 is 23.8 Å². The van der Waals surface area contributed by atoms with Crippen LogP contribution in [0.3, 0.4) is 0 Å². The molecule has 1 N–H and O–H groups in total. The summed E-state index contributed by atoms with van der Waals surface area (Å²) < 4.78 is 16.7. The second-order valence-corrected chi connectivity index (χ2v) is 7.64. The van der Waals surface area contributed by atoms with Crippen LogP contribution < -0.4 is 19.5 Å². The molecule has 1 aromatic heterocycles. The first kappa shape index (κ1) is 23.0. The molecular formula is C25H20ClN3O5. The molecule has 9 heteroatoms. The number of anilines is 1. The number of carbonyl (C=O) groups excluding carboxylic acids is 2. The fourth-order valence-electron chi connectivity index (χ4n) is 3.33. The van der Waals surface area contributed by atoms with E-state index in [2.05, 4.69) is 15.3 Å². The number of hydrogen-bond acceptors (Lipinski definition) is 7. The molecule has 172 valence electrons. The minimum atomic E-state index is -0.226. The van der Waals surface area contributed by atoms with Crippen LogP contribution in [0.1, 0.15) is 15.9 Å². The summed E-state index contributed by atoms with van der Waals surface area (Å²) >= 11 is 5.92. The van der Waals surface area contributed by atoms with Crippen molar-refractivity contribution >= 4 is 40.4 Å². The first-order valence-corrected chi connectivity index (χ1v) is 10.6. The predicted molar refractivity (Wildman–Crippen MR) is 128 cm³/mol. The second-order valence-electron chi connectivity index (χ2n) is 7.23. The standard InChI is InChI=1S/C25H20ClN3O5/c1-32-22-11-19-21(12-23(22)33-2)27-14-28-25(19)34-18-6-3-15(4-7-18)9-24(31)29-17-5-8-20(26)16(10-17)13-30/h3-8,10-14H,9H2,1-2H3,(H,29,31). The van der Waals surface area contributed by atoms with Crippen molar-refractivity contribution in [3.63, 3.8) is 0 Å². The molecular weight excluding hydrogens is 458 g/mol. The quantitative estimate of drug-likeness (QED) is 0.353. The zero-order valence-electron chi connectivity index (χ0n) is 18.4. The van der Waals surface area contributed by atoms with Gasteiger partial charge < -0.3 is 19.5 Å². The lowest BCUT2D eigenvalue weighted by Gasteiger charge is -2.12. The summed E-state index contributed by atoms with van der Waals surface area (Å²) in [7, 11) is 3.11. The molecule has 1 amide bonds. The number of benzene rings is 3. The van der Waals surface area contributed by atoms with Gasteiger partial charge in [-0.2, -0.15) is 0 Å². The molecule has 8 nitrogen and oxygen atoms in total. The van der Waals surface area contributed by atoms with E-state index in [1.807, 2.05) is 0 Å². The van der Waals surface area contributed by atoms with E-state index in [0.29, 0.717) is 56.6 Å². The highest BCUT2D eigenvalue weighted by Gasteiger charge is 2.13. The van der Waals surface area contributed by atoms with Gasteiger partial charge in [-0.3, -0.25) is 9.59 Å². The summed E-state index contributed by atoms with van der Waals surface area (Å²) in [5, 5.41) is 3.76. The van der Waals surface area contributed by atoms with E-state index in [9.17, 15) is 9.59 Å². The minimum absolute atomic E-state index is 0.146. The maximum absolute atomic E-state index is 12.4. The number of methoxy groups -OCH3 is 2. The Morgan fingerprint density at radius 3 is 2.44 bits per heavy atom. The van der Waals surface area contributed by atoms with Crippen molar-refractivity contribution in [3.05, 3.63) is 77.1 Å². The summed E-state index contributed by atoms with van der Waals surface area (Å²) in [5.74, 6) is 1.79. The molecule has 3 aromatic carbocycles. The molecule has 4 aromatic rings. The number of nitrogens with one attached hydrogen (secondary N) is 1. The van der Waals surface area contributed by atoms with E-state index < -0.39 is 0 Å². The highest BCUT2D eigenvalue weighted by molar-refractivity contribution is 6.33. The van der Waals surface area contributed by atoms with Crippen molar-refractivity contribution in [1.82, 2.24) is 9.97 Å². The number of halogens is 1. The summed E-state index contributed by atoms with van der Waals surface area (Å²) in [5.41, 5.74) is 2.25. The lowest BCUT2D eigenvalue weighted by Crippen LogP contribution is -2.14. The van der Waals surface area contributed by atoms with Crippen molar-refractivity contribution in [2.24, 2.45) is 0 Å².